The molecule has 0 radical (unpaired) electrons. The molecule has 7 heteroatoms. The van der Waals surface area contributed by atoms with Gasteiger partial charge in [-0.1, -0.05) is 17.3 Å². The molecule has 1 fully saturated rings. The van der Waals surface area contributed by atoms with Gasteiger partial charge in [-0.2, -0.15) is 4.98 Å². The van der Waals surface area contributed by atoms with Crippen molar-refractivity contribution in [2.45, 2.75) is 23.8 Å². The fraction of sp³-hybridized carbons (Fsp3) is 0.250. The maximum atomic E-state index is 12.0. The average molecular weight is 329 g/mol. The van der Waals surface area contributed by atoms with E-state index in [2.05, 4.69) is 10.1 Å². The summed E-state index contributed by atoms with van der Waals surface area (Å²) in [6, 6.07) is 11.5. The van der Waals surface area contributed by atoms with Crippen LogP contribution < -0.4 is 0 Å². The van der Waals surface area contributed by atoms with Crippen molar-refractivity contribution in [2.75, 3.05) is 0 Å². The summed E-state index contributed by atoms with van der Waals surface area (Å²) in [4.78, 5) is 4.28. The van der Waals surface area contributed by atoms with Crippen molar-refractivity contribution >= 4 is 9.84 Å². The lowest BCUT2D eigenvalue weighted by Gasteiger charge is -2.06. The molecule has 3 aromatic rings. The first-order chi connectivity index (χ1) is 11.1. The highest BCUT2D eigenvalue weighted by Crippen LogP contribution is 2.31. The Morgan fingerprint density at radius 2 is 1.87 bits per heavy atom. The van der Waals surface area contributed by atoms with Crippen LogP contribution in [0.1, 0.15) is 18.7 Å². The van der Waals surface area contributed by atoms with E-state index in [9.17, 15) is 8.42 Å². The van der Waals surface area contributed by atoms with E-state index in [4.69, 9.17) is 4.52 Å². The zero-order valence-electron chi connectivity index (χ0n) is 12.3. The van der Waals surface area contributed by atoms with Crippen LogP contribution in [-0.2, 0) is 15.6 Å². The fourth-order valence-electron chi connectivity index (χ4n) is 2.52. The second-order valence-electron chi connectivity index (χ2n) is 5.63. The fourth-order valence-corrected chi connectivity index (χ4v) is 4.09. The highest BCUT2D eigenvalue weighted by atomic mass is 32.2. The summed E-state index contributed by atoms with van der Waals surface area (Å²) < 4.78 is 31.3. The molecule has 4 rings (SSSR count). The highest BCUT2D eigenvalue weighted by Gasteiger charge is 2.36. The molecule has 2 heterocycles. The Morgan fingerprint density at radius 1 is 1.13 bits per heavy atom. The zero-order chi connectivity index (χ0) is 15.9. The summed E-state index contributed by atoms with van der Waals surface area (Å²) in [5, 5.41) is 3.61. The van der Waals surface area contributed by atoms with Crippen LogP contribution in [0.4, 0.5) is 0 Å². The lowest BCUT2D eigenvalue weighted by molar-refractivity contribution is 0.424. The second kappa shape index (κ2) is 5.34. The third kappa shape index (κ3) is 2.79. The lowest BCUT2D eigenvalue weighted by Crippen LogP contribution is -2.10. The van der Waals surface area contributed by atoms with Gasteiger partial charge in [0.15, 0.2) is 15.7 Å². The third-order valence-electron chi connectivity index (χ3n) is 3.85. The van der Waals surface area contributed by atoms with Crippen LogP contribution in [0, 0.1) is 0 Å². The van der Waals surface area contributed by atoms with E-state index >= 15 is 0 Å². The Kier molecular flexibility index (Phi) is 3.30. The number of para-hydroxylation sites is 1. The second-order valence-corrected chi connectivity index (χ2v) is 7.91. The molecular formula is C16H15N3O3S. The molecule has 0 N–H and O–H groups in total. The Labute approximate surface area is 133 Å². The van der Waals surface area contributed by atoms with Crippen molar-refractivity contribution in [1.29, 1.82) is 0 Å². The van der Waals surface area contributed by atoms with Crippen molar-refractivity contribution in [1.82, 2.24) is 14.7 Å². The van der Waals surface area contributed by atoms with E-state index in [0.717, 1.165) is 24.1 Å². The molecule has 23 heavy (non-hydrogen) atoms. The van der Waals surface area contributed by atoms with Crippen molar-refractivity contribution < 1.29 is 12.9 Å². The number of benzene rings is 1. The van der Waals surface area contributed by atoms with Gasteiger partial charge in [0.05, 0.1) is 16.5 Å². The van der Waals surface area contributed by atoms with E-state index in [-0.39, 0.29) is 16.8 Å². The van der Waals surface area contributed by atoms with E-state index in [0.29, 0.717) is 5.89 Å². The van der Waals surface area contributed by atoms with Crippen molar-refractivity contribution in [2.24, 2.45) is 0 Å². The van der Waals surface area contributed by atoms with Gasteiger partial charge < -0.3 is 9.09 Å². The standard InChI is InChI=1S/C16H15N3O3S/c20-23(21,12-7-8-12)11-15-17-16(22-18-15)13-5-1-2-6-14(13)19-9-3-4-10-19/h1-6,9-10,12H,7-8,11H2. The third-order valence-corrected chi connectivity index (χ3v) is 6.00. The lowest BCUT2D eigenvalue weighted by atomic mass is 10.1. The van der Waals surface area contributed by atoms with Crippen molar-refractivity contribution in [3.8, 4) is 17.1 Å². The summed E-state index contributed by atoms with van der Waals surface area (Å²) in [5.74, 6) is 0.386. The Hall–Kier alpha value is -2.41. The molecule has 1 aliphatic rings. The molecule has 2 aromatic heterocycles. The SMILES string of the molecule is O=S(=O)(Cc1noc(-c2ccccc2-n2cccc2)n1)C1CC1. The highest BCUT2D eigenvalue weighted by molar-refractivity contribution is 7.91. The molecule has 0 aliphatic heterocycles. The Balaban J connectivity index is 1.67. The van der Waals surface area contributed by atoms with Gasteiger partial charge in [0.2, 0.25) is 0 Å². The summed E-state index contributed by atoms with van der Waals surface area (Å²) in [6.07, 6.45) is 5.33. The number of sulfone groups is 1. The molecule has 0 atom stereocenters. The van der Waals surface area contributed by atoms with Crippen molar-refractivity contribution in [3.05, 3.63) is 54.6 Å². The minimum Gasteiger partial charge on any atom is -0.334 e. The Morgan fingerprint density at radius 3 is 2.61 bits per heavy atom. The number of aromatic nitrogens is 3. The normalized spacial score (nSPS) is 15.0. The van der Waals surface area contributed by atoms with Gasteiger partial charge >= 0.3 is 0 Å². The monoisotopic (exact) mass is 329 g/mol. The first-order valence-corrected chi connectivity index (χ1v) is 9.12. The largest absolute Gasteiger partial charge is 0.334 e. The summed E-state index contributed by atoms with van der Waals surface area (Å²) in [6.45, 7) is 0. The van der Waals surface area contributed by atoms with E-state index in [1.807, 2.05) is 53.4 Å². The number of rotatable bonds is 5. The summed E-state index contributed by atoms with van der Waals surface area (Å²) in [7, 11) is -3.15. The molecule has 1 saturated carbocycles. The molecular weight excluding hydrogens is 314 g/mol. The van der Waals surface area contributed by atoms with Crippen LogP contribution in [0.5, 0.6) is 0 Å². The van der Waals surface area contributed by atoms with Gasteiger partial charge in [-0.25, -0.2) is 8.42 Å². The topological polar surface area (TPSA) is 78.0 Å². The van der Waals surface area contributed by atoms with Gasteiger partial charge in [-0.05, 0) is 37.1 Å². The molecule has 118 valence electrons. The number of hydrogen-bond acceptors (Lipinski definition) is 5. The molecule has 0 saturated heterocycles. The van der Waals surface area contributed by atoms with Crippen LogP contribution >= 0.6 is 0 Å². The molecule has 6 nitrogen and oxygen atoms in total. The maximum Gasteiger partial charge on any atom is 0.260 e. The van der Waals surface area contributed by atoms with E-state index < -0.39 is 9.84 Å². The maximum absolute atomic E-state index is 12.0. The minimum absolute atomic E-state index is 0.160. The Bertz CT molecular complexity index is 925. The smallest absolute Gasteiger partial charge is 0.260 e. The van der Waals surface area contributed by atoms with Crippen molar-refractivity contribution in [3.63, 3.8) is 0 Å². The van der Waals surface area contributed by atoms with Gasteiger partial charge in [0.25, 0.3) is 5.89 Å². The minimum atomic E-state index is -3.15. The van der Waals surface area contributed by atoms with E-state index in [1.165, 1.54) is 0 Å². The quantitative estimate of drug-likeness (QED) is 0.719. The average Bonchev–Trinajstić information content (AvgIpc) is 3.09. The predicted molar refractivity (Wildman–Crippen MR) is 84.7 cm³/mol. The van der Waals surface area contributed by atoms with Gasteiger partial charge in [-0.3, -0.25) is 0 Å². The first-order valence-electron chi connectivity index (χ1n) is 7.40. The molecule has 0 amide bonds. The number of hydrogen-bond donors (Lipinski definition) is 0. The first kappa shape index (κ1) is 14.2. The van der Waals surface area contributed by atoms with Gasteiger partial charge in [0, 0.05) is 12.4 Å². The van der Waals surface area contributed by atoms with Crippen LogP contribution in [0.25, 0.3) is 17.1 Å². The predicted octanol–water partition coefficient (Wildman–Crippen LogP) is 2.60. The molecule has 0 bridgehead atoms. The molecule has 1 aliphatic carbocycles. The molecule has 0 unspecified atom stereocenters. The van der Waals surface area contributed by atoms with Crippen LogP contribution in [0.2, 0.25) is 0 Å². The summed E-state index contributed by atoms with van der Waals surface area (Å²) in [5.41, 5.74) is 1.67. The van der Waals surface area contributed by atoms with E-state index in [1.54, 1.807) is 0 Å². The molecule has 1 aromatic carbocycles. The van der Waals surface area contributed by atoms with Crippen LogP contribution in [0.15, 0.2) is 53.3 Å². The van der Waals surface area contributed by atoms with Crippen LogP contribution in [0.3, 0.4) is 0 Å². The number of nitrogens with zero attached hydrogens (tertiary/aromatic N) is 3. The van der Waals surface area contributed by atoms with Crippen LogP contribution in [-0.4, -0.2) is 28.4 Å². The van der Waals surface area contributed by atoms with Gasteiger partial charge in [-0.15, -0.1) is 0 Å². The molecule has 0 spiro atoms. The van der Waals surface area contributed by atoms with Gasteiger partial charge in [0.1, 0.15) is 5.75 Å². The summed E-state index contributed by atoms with van der Waals surface area (Å²) >= 11 is 0. The zero-order valence-corrected chi connectivity index (χ0v) is 13.1.